The van der Waals surface area contributed by atoms with E-state index < -0.39 is 18.2 Å². The first-order valence-electron chi connectivity index (χ1n) is 12.3. The quantitative estimate of drug-likeness (QED) is 0.378. The average molecular weight is 480 g/mol. The molecule has 5 rings (SSSR count). The number of imide groups is 1. The number of nitrogens with zero attached hydrogens (tertiary/aromatic N) is 3. The van der Waals surface area contributed by atoms with E-state index in [0.717, 1.165) is 30.6 Å². The summed E-state index contributed by atoms with van der Waals surface area (Å²) in [7, 11) is 1.61. The summed E-state index contributed by atoms with van der Waals surface area (Å²) >= 11 is 0. The van der Waals surface area contributed by atoms with E-state index in [-0.39, 0.29) is 62.3 Å². The Kier molecular flexibility index (Phi) is 6.41. The topological polar surface area (TPSA) is 122 Å². The first-order valence-corrected chi connectivity index (χ1v) is 12.3. The summed E-state index contributed by atoms with van der Waals surface area (Å²) in [6, 6.07) is -0.934. The molecule has 0 bridgehead atoms. The van der Waals surface area contributed by atoms with Crippen LogP contribution in [-0.4, -0.2) is 103 Å². The number of esters is 2. The van der Waals surface area contributed by atoms with E-state index in [0.29, 0.717) is 25.0 Å². The Labute approximate surface area is 198 Å². The van der Waals surface area contributed by atoms with Crippen molar-refractivity contribution in [1.82, 2.24) is 14.7 Å². The van der Waals surface area contributed by atoms with Crippen LogP contribution in [0.15, 0.2) is 0 Å². The molecule has 188 valence electrons. The van der Waals surface area contributed by atoms with Gasteiger partial charge >= 0.3 is 24.0 Å². The standard InChI is InChI=1S/C23H33N3O8/c1-13-24(2)22(29)26(8-10-32-21(28)15-4-6-17-19(12-15)34-17)23(30)25(13)7-9-31-20(27)14-3-5-16-18(11-14)33-16/h13-19H,3-12H2,1-2H3. The summed E-state index contributed by atoms with van der Waals surface area (Å²) in [6.45, 7) is 1.88. The van der Waals surface area contributed by atoms with Crippen molar-refractivity contribution in [3.8, 4) is 0 Å². The van der Waals surface area contributed by atoms with Gasteiger partial charge in [0.1, 0.15) is 19.4 Å². The Morgan fingerprint density at radius 1 is 0.824 bits per heavy atom. The zero-order valence-corrected chi connectivity index (χ0v) is 19.7. The number of rotatable bonds is 8. The molecule has 0 N–H and O–H groups in total. The number of amides is 4. The zero-order chi connectivity index (χ0) is 24.0. The maximum absolute atomic E-state index is 13.0. The van der Waals surface area contributed by atoms with E-state index in [2.05, 4.69) is 0 Å². The molecule has 0 aromatic rings. The van der Waals surface area contributed by atoms with E-state index in [4.69, 9.17) is 18.9 Å². The van der Waals surface area contributed by atoms with Crippen molar-refractivity contribution in [3.63, 3.8) is 0 Å². The highest BCUT2D eigenvalue weighted by molar-refractivity contribution is 5.96. The fraction of sp³-hybridized carbons (Fsp3) is 0.826. The highest BCUT2D eigenvalue weighted by Crippen LogP contribution is 2.40. The van der Waals surface area contributed by atoms with Gasteiger partial charge in [-0.2, -0.15) is 0 Å². The fourth-order valence-electron chi connectivity index (χ4n) is 5.38. The molecule has 34 heavy (non-hydrogen) atoms. The predicted octanol–water partition coefficient (Wildman–Crippen LogP) is 1.34. The number of fused-ring (bicyclic) bond motifs is 2. The lowest BCUT2D eigenvalue weighted by Crippen LogP contribution is -2.65. The molecule has 0 radical (unpaired) electrons. The van der Waals surface area contributed by atoms with Crippen LogP contribution < -0.4 is 0 Å². The molecule has 0 spiro atoms. The SMILES string of the molecule is CC1N(C)C(=O)N(CCOC(=O)C2CCC3OC3C2)C(=O)N1CCOC(=O)C1CCC2OC2C1. The molecule has 0 aromatic carbocycles. The van der Waals surface area contributed by atoms with Gasteiger partial charge in [-0.3, -0.25) is 9.59 Å². The minimum absolute atomic E-state index is 0.0311. The van der Waals surface area contributed by atoms with E-state index >= 15 is 0 Å². The molecule has 3 saturated heterocycles. The van der Waals surface area contributed by atoms with Gasteiger partial charge in [-0.15, -0.1) is 0 Å². The van der Waals surface area contributed by atoms with E-state index in [1.54, 1.807) is 14.0 Å². The summed E-state index contributed by atoms with van der Waals surface area (Å²) in [5.41, 5.74) is 0. The zero-order valence-electron chi connectivity index (χ0n) is 19.7. The normalized spacial score (nSPS) is 36.5. The van der Waals surface area contributed by atoms with Gasteiger partial charge in [0.25, 0.3) is 0 Å². The van der Waals surface area contributed by atoms with Gasteiger partial charge < -0.3 is 28.7 Å². The second-order valence-electron chi connectivity index (χ2n) is 9.93. The number of epoxide rings is 2. The number of hydrogen-bond acceptors (Lipinski definition) is 8. The van der Waals surface area contributed by atoms with Crippen molar-refractivity contribution in [2.75, 3.05) is 33.4 Å². The third-order valence-electron chi connectivity index (χ3n) is 7.83. The van der Waals surface area contributed by atoms with Crippen LogP contribution in [0.2, 0.25) is 0 Å². The van der Waals surface area contributed by atoms with Gasteiger partial charge in [0, 0.05) is 7.05 Å². The fourth-order valence-corrected chi connectivity index (χ4v) is 5.38. The van der Waals surface area contributed by atoms with E-state index in [1.807, 2.05) is 0 Å². The van der Waals surface area contributed by atoms with Crippen LogP contribution in [0.25, 0.3) is 0 Å². The monoisotopic (exact) mass is 479 g/mol. The highest BCUT2D eigenvalue weighted by Gasteiger charge is 2.47. The lowest BCUT2D eigenvalue weighted by atomic mass is 9.89. The van der Waals surface area contributed by atoms with Crippen LogP contribution >= 0.6 is 0 Å². The van der Waals surface area contributed by atoms with Crippen LogP contribution in [0.1, 0.15) is 45.4 Å². The largest absolute Gasteiger partial charge is 0.464 e. The molecule has 2 saturated carbocycles. The molecule has 3 aliphatic heterocycles. The minimum atomic E-state index is -0.485. The minimum Gasteiger partial charge on any atom is -0.464 e. The van der Waals surface area contributed by atoms with Gasteiger partial charge in [-0.25, -0.2) is 14.5 Å². The summed E-state index contributed by atoms with van der Waals surface area (Å²) in [6.07, 6.45) is 5.12. The molecule has 7 atom stereocenters. The van der Waals surface area contributed by atoms with E-state index in [9.17, 15) is 19.2 Å². The van der Waals surface area contributed by atoms with Crippen LogP contribution in [0.3, 0.4) is 0 Å². The molecule has 11 heteroatoms. The second-order valence-corrected chi connectivity index (χ2v) is 9.93. The summed E-state index contributed by atoms with van der Waals surface area (Å²) in [4.78, 5) is 54.5. The molecule has 11 nitrogen and oxygen atoms in total. The first-order chi connectivity index (χ1) is 16.3. The van der Waals surface area contributed by atoms with E-state index in [1.165, 1.54) is 9.80 Å². The van der Waals surface area contributed by atoms with Crippen molar-refractivity contribution in [1.29, 1.82) is 0 Å². The lowest BCUT2D eigenvalue weighted by Gasteiger charge is -2.44. The summed E-state index contributed by atoms with van der Waals surface area (Å²) < 4.78 is 21.7. The maximum Gasteiger partial charge on any atom is 0.330 e. The Balaban J connectivity index is 1.08. The highest BCUT2D eigenvalue weighted by atomic mass is 16.6. The number of carbonyl (C=O) groups excluding carboxylic acids is 4. The number of hydrogen-bond donors (Lipinski definition) is 0. The number of ether oxygens (including phenoxy) is 4. The number of carbonyl (C=O) groups is 4. The molecule has 4 amide bonds. The molecule has 0 aromatic heterocycles. The third kappa shape index (κ3) is 4.72. The van der Waals surface area contributed by atoms with Crippen LogP contribution in [0.4, 0.5) is 9.59 Å². The van der Waals surface area contributed by atoms with Gasteiger partial charge in [0.15, 0.2) is 0 Å². The van der Waals surface area contributed by atoms with Gasteiger partial charge in [-0.1, -0.05) is 0 Å². The average Bonchev–Trinajstić information content (AvgIpc) is 3.75. The lowest BCUT2D eigenvalue weighted by molar-refractivity contribution is -0.150. The van der Waals surface area contributed by atoms with Gasteiger partial charge in [0.2, 0.25) is 0 Å². The Morgan fingerprint density at radius 3 is 1.88 bits per heavy atom. The van der Waals surface area contributed by atoms with Crippen LogP contribution in [0, 0.1) is 11.8 Å². The van der Waals surface area contributed by atoms with Crippen molar-refractivity contribution < 1.29 is 38.1 Å². The van der Waals surface area contributed by atoms with Crippen molar-refractivity contribution in [2.24, 2.45) is 11.8 Å². The molecule has 7 unspecified atom stereocenters. The van der Waals surface area contributed by atoms with Crippen molar-refractivity contribution >= 4 is 24.0 Å². The second kappa shape index (κ2) is 9.33. The molecule has 3 heterocycles. The Bertz CT molecular complexity index is 852. The van der Waals surface area contributed by atoms with Crippen LogP contribution in [-0.2, 0) is 28.5 Å². The Morgan fingerprint density at radius 2 is 1.35 bits per heavy atom. The maximum atomic E-state index is 13.0. The van der Waals surface area contributed by atoms with Gasteiger partial charge in [0.05, 0.1) is 49.3 Å². The number of urea groups is 2. The van der Waals surface area contributed by atoms with Crippen LogP contribution in [0.5, 0.6) is 0 Å². The summed E-state index contributed by atoms with van der Waals surface area (Å²) in [5.74, 6) is -0.908. The van der Waals surface area contributed by atoms with Crippen molar-refractivity contribution in [2.45, 2.75) is 76.0 Å². The first kappa shape index (κ1) is 23.3. The molecular formula is C23H33N3O8. The Hall–Kier alpha value is -2.40. The summed E-state index contributed by atoms with van der Waals surface area (Å²) in [5, 5.41) is 0. The molecular weight excluding hydrogens is 446 g/mol. The molecule has 5 fully saturated rings. The van der Waals surface area contributed by atoms with Crippen molar-refractivity contribution in [3.05, 3.63) is 0 Å². The molecule has 5 aliphatic rings. The molecule has 2 aliphatic carbocycles. The predicted molar refractivity (Wildman–Crippen MR) is 115 cm³/mol. The van der Waals surface area contributed by atoms with Gasteiger partial charge in [-0.05, 0) is 45.4 Å². The smallest absolute Gasteiger partial charge is 0.330 e. The third-order valence-corrected chi connectivity index (χ3v) is 7.83.